The van der Waals surface area contributed by atoms with Crippen molar-refractivity contribution in [3.05, 3.63) is 182 Å². The second-order valence-corrected chi connectivity index (χ2v) is 15.5. The summed E-state index contributed by atoms with van der Waals surface area (Å²) < 4.78 is 4.96. The average molecular weight is 731 g/mol. The summed E-state index contributed by atoms with van der Waals surface area (Å²) in [5, 5.41) is 12.2. The van der Waals surface area contributed by atoms with Crippen molar-refractivity contribution in [2.24, 2.45) is 0 Å². The Balaban J connectivity index is 1.15. The van der Waals surface area contributed by atoms with Crippen LogP contribution in [0.1, 0.15) is 0 Å². The first-order valence-corrected chi connectivity index (χ1v) is 19.7. The van der Waals surface area contributed by atoms with Gasteiger partial charge in [-0.05, 0) is 51.9 Å². The largest absolute Gasteiger partial charge is 0.308 e. The molecule has 0 radical (unpaired) electrons. The average Bonchev–Trinajstić information content (AvgIpc) is 3.82. The topological polar surface area (TPSA) is 43.6 Å². The van der Waals surface area contributed by atoms with Crippen molar-refractivity contribution in [1.29, 1.82) is 0 Å². The Hall–Kier alpha value is -7.21. The zero-order chi connectivity index (χ0) is 36.7. The molecule has 9 aromatic carbocycles. The molecule has 0 aliphatic heterocycles. The van der Waals surface area contributed by atoms with Gasteiger partial charge >= 0.3 is 0 Å². The van der Waals surface area contributed by atoms with E-state index in [4.69, 9.17) is 15.0 Å². The summed E-state index contributed by atoms with van der Waals surface area (Å²) in [6, 6.07) is 65.1. The fourth-order valence-electron chi connectivity index (χ4n) is 8.62. The van der Waals surface area contributed by atoms with Crippen LogP contribution >= 0.6 is 11.3 Å². The normalized spacial score (nSPS) is 11.9. The number of hydrogen-bond donors (Lipinski definition) is 0. The van der Waals surface area contributed by atoms with E-state index in [-0.39, 0.29) is 0 Å². The second-order valence-electron chi connectivity index (χ2n) is 14.4. The van der Waals surface area contributed by atoms with Crippen molar-refractivity contribution in [2.45, 2.75) is 0 Å². The van der Waals surface area contributed by atoms with Crippen molar-refractivity contribution >= 4 is 85.6 Å². The van der Waals surface area contributed by atoms with Crippen LogP contribution in [-0.4, -0.2) is 19.5 Å². The minimum Gasteiger partial charge on any atom is -0.308 e. The highest BCUT2D eigenvalue weighted by Gasteiger charge is 2.21. The molecular weight excluding hydrogens is 701 g/mol. The van der Waals surface area contributed by atoms with Gasteiger partial charge in [-0.3, -0.25) is 0 Å². The highest BCUT2D eigenvalue weighted by molar-refractivity contribution is 7.25. The molecule has 56 heavy (non-hydrogen) atoms. The Labute approximate surface area is 325 Å². The third-order valence-corrected chi connectivity index (χ3v) is 12.3. The fourth-order valence-corrected chi connectivity index (χ4v) is 9.76. The van der Waals surface area contributed by atoms with Gasteiger partial charge in [-0.25, -0.2) is 15.0 Å². The summed E-state index contributed by atoms with van der Waals surface area (Å²) in [5.74, 6) is 1.93. The van der Waals surface area contributed by atoms with Crippen LogP contribution in [0.4, 0.5) is 0 Å². The van der Waals surface area contributed by atoms with Gasteiger partial charge in [0.05, 0.1) is 16.7 Å². The maximum absolute atomic E-state index is 5.28. The van der Waals surface area contributed by atoms with E-state index in [9.17, 15) is 0 Å². The molecule has 0 amide bonds. The van der Waals surface area contributed by atoms with Crippen molar-refractivity contribution < 1.29 is 0 Å². The van der Waals surface area contributed by atoms with Gasteiger partial charge in [0.25, 0.3) is 0 Å². The van der Waals surface area contributed by atoms with Gasteiger partial charge in [0.1, 0.15) is 0 Å². The lowest BCUT2D eigenvalue weighted by molar-refractivity contribution is 1.07. The smallest absolute Gasteiger partial charge is 0.164 e. The number of nitrogens with zero attached hydrogens (tertiary/aromatic N) is 4. The van der Waals surface area contributed by atoms with Crippen LogP contribution in [0.25, 0.3) is 114 Å². The van der Waals surface area contributed by atoms with Gasteiger partial charge in [0.15, 0.2) is 17.5 Å². The van der Waals surface area contributed by atoms with Crippen molar-refractivity contribution in [1.82, 2.24) is 19.5 Å². The van der Waals surface area contributed by atoms with E-state index < -0.39 is 0 Å². The number of fused-ring (bicyclic) bond motifs is 11. The SMILES string of the molecule is c1ccc(-c2nc(-c3cc(-n4c5ccc6ccccc6c5c5ccc6ccccc6c54)c4ccccc4c3)nc(-c3ccc4c(c3)sc3ccccc34)n2)cc1. The Kier molecular flexibility index (Phi) is 6.76. The molecule has 4 nitrogen and oxygen atoms in total. The van der Waals surface area contributed by atoms with Crippen molar-refractivity contribution in [3.63, 3.8) is 0 Å². The van der Waals surface area contributed by atoms with Gasteiger partial charge in [0, 0.05) is 58.4 Å². The summed E-state index contributed by atoms with van der Waals surface area (Å²) in [6.45, 7) is 0. The summed E-state index contributed by atoms with van der Waals surface area (Å²) in [5.41, 5.74) is 6.27. The summed E-state index contributed by atoms with van der Waals surface area (Å²) in [4.78, 5) is 15.6. The number of aromatic nitrogens is 4. The van der Waals surface area contributed by atoms with Gasteiger partial charge in [-0.2, -0.15) is 0 Å². The number of benzene rings is 9. The van der Waals surface area contributed by atoms with E-state index in [1.54, 1.807) is 11.3 Å². The molecule has 0 aliphatic rings. The standard InChI is InChI=1S/C51H30N4S/c1-2-14-33(15-3-1)49-52-50(35-23-25-41-40-20-10-11-21-45(40)56-46(41)30-35)54-51(53-49)36-28-34-16-6-7-17-37(34)44(29-36)55-43-27-24-31-12-4-8-18-38(31)47(43)42-26-22-32-13-5-9-19-39(32)48(42)55/h1-30H. The second kappa shape index (κ2) is 12.2. The first kappa shape index (κ1) is 31.2. The Bertz CT molecular complexity index is 3540. The monoisotopic (exact) mass is 730 g/mol. The van der Waals surface area contributed by atoms with Crippen LogP contribution < -0.4 is 0 Å². The summed E-state index contributed by atoms with van der Waals surface area (Å²) in [7, 11) is 0. The third kappa shape index (κ3) is 4.75. The van der Waals surface area contributed by atoms with Crippen LogP contribution in [0.5, 0.6) is 0 Å². The maximum Gasteiger partial charge on any atom is 0.164 e. The van der Waals surface area contributed by atoms with E-state index in [1.165, 1.54) is 58.0 Å². The third-order valence-electron chi connectivity index (χ3n) is 11.2. The Morgan fingerprint density at radius 1 is 0.357 bits per heavy atom. The van der Waals surface area contributed by atoms with Crippen LogP contribution in [-0.2, 0) is 0 Å². The molecule has 0 unspecified atom stereocenters. The van der Waals surface area contributed by atoms with E-state index in [0.29, 0.717) is 17.5 Å². The molecule has 12 rings (SSSR count). The molecule has 0 spiro atoms. The fraction of sp³-hybridized carbons (Fsp3) is 0. The lowest BCUT2D eigenvalue weighted by atomic mass is 10.0. The first-order valence-electron chi connectivity index (χ1n) is 18.9. The van der Waals surface area contributed by atoms with Gasteiger partial charge < -0.3 is 4.57 Å². The number of thiophene rings is 1. The van der Waals surface area contributed by atoms with Crippen LogP contribution in [0.15, 0.2) is 182 Å². The van der Waals surface area contributed by atoms with E-state index in [0.717, 1.165) is 38.7 Å². The molecule has 260 valence electrons. The molecule has 3 heterocycles. The molecule has 0 aliphatic carbocycles. The van der Waals surface area contributed by atoms with Crippen LogP contribution in [0.3, 0.4) is 0 Å². The first-order chi connectivity index (χ1) is 27.7. The van der Waals surface area contributed by atoms with Gasteiger partial charge in [-0.1, -0.05) is 152 Å². The van der Waals surface area contributed by atoms with E-state index in [1.807, 2.05) is 18.2 Å². The molecule has 0 fully saturated rings. The Morgan fingerprint density at radius 3 is 1.77 bits per heavy atom. The molecule has 0 atom stereocenters. The molecule has 0 saturated carbocycles. The van der Waals surface area contributed by atoms with E-state index in [2.05, 4.69) is 168 Å². The number of rotatable bonds is 4. The highest BCUT2D eigenvalue weighted by Crippen LogP contribution is 2.43. The molecule has 3 aromatic heterocycles. The van der Waals surface area contributed by atoms with Crippen molar-refractivity contribution in [3.8, 4) is 39.9 Å². The lowest BCUT2D eigenvalue weighted by Gasteiger charge is -2.16. The minimum atomic E-state index is 0.633. The minimum absolute atomic E-state index is 0.633. The quantitative estimate of drug-likeness (QED) is 0.181. The van der Waals surface area contributed by atoms with Gasteiger partial charge in [0.2, 0.25) is 0 Å². The molecule has 5 heteroatoms. The van der Waals surface area contributed by atoms with Crippen LogP contribution in [0.2, 0.25) is 0 Å². The predicted molar refractivity (Wildman–Crippen MR) is 236 cm³/mol. The molecular formula is C51H30N4S. The molecule has 12 aromatic rings. The van der Waals surface area contributed by atoms with Crippen molar-refractivity contribution in [2.75, 3.05) is 0 Å². The maximum atomic E-state index is 5.28. The van der Waals surface area contributed by atoms with E-state index >= 15 is 0 Å². The number of hydrogen-bond acceptors (Lipinski definition) is 4. The summed E-state index contributed by atoms with van der Waals surface area (Å²) in [6.07, 6.45) is 0. The van der Waals surface area contributed by atoms with Crippen LogP contribution in [0, 0.1) is 0 Å². The molecule has 0 saturated heterocycles. The highest BCUT2D eigenvalue weighted by atomic mass is 32.1. The van der Waals surface area contributed by atoms with Gasteiger partial charge in [-0.15, -0.1) is 11.3 Å². The molecule has 0 bridgehead atoms. The Morgan fingerprint density at radius 2 is 0.946 bits per heavy atom. The zero-order valence-electron chi connectivity index (χ0n) is 30.0. The molecule has 0 N–H and O–H groups in total. The summed E-state index contributed by atoms with van der Waals surface area (Å²) >= 11 is 1.80. The zero-order valence-corrected chi connectivity index (χ0v) is 30.8. The predicted octanol–water partition coefficient (Wildman–Crippen LogP) is 13.8. The lowest BCUT2D eigenvalue weighted by Crippen LogP contribution is -2.02.